The lowest BCUT2D eigenvalue weighted by atomic mass is 10.0. The molecule has 9 rings (SSSR count). The first kappa shape index (κ1) is 40.4. The number of nitrogens with zero attached hydrogens (tertiary/aromatic N) is 6. The van der Waals surface area contributed by atoms with Gasteiger partial charge in [-0.3, -0.25) is 5.01 Å². The third kappa shape index (κ3) is 10.0. The summed E-state index contributed by atoms with van der Waals surface area (Å²) in [6.07, 6.45) is 9.52. The SMILES string of the molecule is C1=CCC[Si](c2ccccc2)(c2ccccc2)CC1.[N-]=[N+]=NCc1ccccc1.c1ccc(CN2N=N[C@@H]3CC[Si](c4ccccc4)(c4ccccc4)CC[C@H]32)cc1. The van der Waals surface area contributed by atoms with Crippen LogP contribution in [0.5, 0.6) is 0 Å². The molecule has 6 aromatic rings. The van der Waals surface area contributed by atoms with Crippen LogP contribution in [0.25, 0.3) is 10.4 Å². The molecule has 3 aliphatic heterocycles. The minimum atomic E-state index is -1.80. The van der Waals surface area contributed by atoms with E-state index in [1.54, 1.807) is 20.7 Å². The van der Waals surface area contributed by atoms with Crippen LogP contribution in [0.2, 0.25) is 24.2 Å². The summed E-state index contributed by atoms with van der Waals surface area (Å²) in [7, 11) is -3.35. The molecule has 3 aliphatic rings. The molecular formula is C50H54N6Si2. The minimum Gasteiger partial charge on any atom is -0.269 e. The summed E-state index contributed by atoms with van der Waals surface area (Å²) < 4.78 is 0. The molecule has 0 bridgehead atoms. The second kappa shape index (κ2) is 20.6. The smallest absolute Gasteiger partial charge is 0.118 e. The zero-order valence-electron chi connectivity index (χ0n) is 33.4. The lowest BCUT2D eigenvalue weighted by molar-refractivity contribution is 0.205. The predicted molar refractivity (Wildman–Crippen MR) is 246 cm³/mol. The van der Waals surface area contributed by atoms with E-state index in [0.29, 0.717) is 18.6 Å². The Morgan fingerprint density at radius 3 is 1.36 bits per heavy atom. The first-order valence-electron chi connectivity index (χ1n) is 20.8. The molecule has 292 valence electrons. The van der Waals surface area contributed by atoms with E-state index in [4.69, 9.17) is 10.6 Å². The van der Waals surface area contributed by atoms with Gasteiger partial charge in [-0.05, 0) is 66.5 Å². The number of rotatable bonds is 8. The topological polar surface area (TPSA) is 76.7 Å². The molecule has 0 spiro atoms. The van der Waals surface area contributed by atoms with E-state index in [9.17, 15) is 0 Å². The highest BCUT2D eigenvalue weighted by molar-refractivity contribution is 7.02. The number of fused-ring (bicyclic) bond motifs is 1. The molecule has 0 saturated carbocycles. The van der Waals surface area contributed by atoms with E-state index in [1.807, 2.05) is 30.3 Å². The normalized spacial score (nSPS) is 18.7. The second-order valence-electron chi connectivity index (χ2n) is 15.6. The number of allylic oxidation sites excluding steroid dienone is 2. The van der Waals surface area contributed by atoms with Crippen LogP contribution in [0, 0.1) is 0 Å². The average molecular weight is 795 g/mol. The van der Waals surface area contributed by atoms with Crippen LogP contribution in [0.4, 0.5) is 0 Å². The molecule has 0 N–H and O–H groups in total. The van der Waals surface area contributed by atoms with Gasteiger partial charge in [-0.1, -0.05) is 225 Å². The van der Waals surface area contributed by atoms with E-state index in [-0.39, 0.29) is 0 Å². The Morgan fingerprint density at radius 2 is 0.914 bits per heavy atom. The molecule has 1 saturated heterocycles. The highest BCUT2D eigenvalue weighted by Crippen LogP contribution is 2.36. The van der Waals surface area contributed by atoms with Crippen LogP contribution in [0.3, 0.4) is 0 Å². The Labute approximate surface area is 346 Å². The van der Waals surface area contributed by atoms with Gasteiger partial charge in [-0.15, -0.1) is 0 Å². The molecule has 0 radical (unpaired) electrons. The molecule has 6 nitrogen and oxygen atoms in total. The highest BCUT2D eigenvalue weighted by atomic mass is 28.3. The van der Waals surface area contributed by atoms with Gasteiger partial charge in [0, 0.05) is 4.91 Å². The quantitative estimate of drug-likeness (QED) is 0.0497. The van der Waals surface area contributed by atoms with E-state index in [1.165, 1.54) is 49.0 Å². The lowest BCUT2D eigenvalue weighted by Gasteiger charge is -2.32. The van der Waals surface area contributed by atoms with Crippen LogP contribution >= 0.6 is 0 Å². The molecule has 0 aliphatic carbocycles. The van der Waals surface area contributed by atoms with Gasteiger partial charge >= 0.3 is 0 Å². The van der Waals surface area contributed by atoms with Crippen molar-refractivity contribution in [1.29, 1.82) is 0 Å². The third-order valence-corrected chi connectivity index (χ3v) is 22.5. The van der Waals surface area contributed by atoms with Crippen molar-refractivity contribution in [2.75, 3.05) is 0 Å². The van der Waals surface area contributed by atoms with Crippen molar-refractivity contribution < 1.29 is 0 Å². The van der Waals surface area contributed by atoms with Crippen LogP contribution in [-0.2, 0) is 13.1 Å². The van der Waals surface area contributed by atoms with Gasteiger partial charge in [0.05, 0.1) is 25.2 Å². The second-order valence-corrected chi connectivity index (χ2v) is 24.2. The molecule has 0 aromatic heterocycles. The Morgan fingerprint density at radius 1 is 0.517 bits per heavy atom. The summed E-state index contributed by atoms with van der Waals surface area (Å²) in [4.78, 5) is 2.66. The van der Waals surface area contributed by atoms with E-state index in [2.05, 4.69) is 184 Å². The molecule has 8 heteroatoms. The maximum absolute atomic E-state index is 7.99. The van der Waals surface area contributed by atoms with E-state index < -0.39 is 16.1 Å². The van der Waals surface area contributed by atoms with Crippen molar-refractivity contribution in [3.8, 4) is 0 Å². The first-order valence-corrected chi connectivity index (χ1v) is 25.7. The Balaban J connectivity index is 0.000000151. The third-order valence-electron chi connectivity index (χ3n) is 12.2. The van der Waals surface area contributed by atoms with Crippen LogP contribution in [0.1, 0.15) is 36.8 Å². The van der Waals surface area contributed by atoms with Crippen LogP contribution in [0.15, 0.2) is 210 Å². The van der Waals surface area contributed by atoms with Gasteiger partial charge < -0.3 is 0 Å². The lowest BCUT2D eigenvalue weighted by Crippen LogP contribution is -2.57. The minimum absolute atomic E-state index is 0.334. The fourth-order valence-corrected chi connectivity index (χ4v) is 18.8. The van der Waals surface area contributed by atoms with Gasteiger partial charge in [0.15, 0.2) is 0 Å². The maximum Gasteiger partial charge on any atom is 0.118 e. The molecule has 1 fully saturated rings. The summed E-state index contributed by atoms with van der Waals surface area (Å²) >= 11 is 0. The van der Waals surface area contributed by atoms with Gasteiger partial charge in [0.25, 0.3) is 0 Å². The summed E-state index contributed by atoms with van der Waals surface area (Å²) in [5, 5.41) is 21.3. The molecule has 2 atom stereocenters. The van der Waals surface area contributed by atoms with Crippen LogP contribution in [-0.4, -0.2) is 33.2 Å². The molecular weight excluding hydrogens is 741 g/mol. The van der Waals surface area contributed by atoms with Gasteiger partial charge in [0.1, 0.15) is 16.1 Å². The fourth-order valence-electron chi connectivity index (χ4n) is 9.13. The Kier molecular flexibility index (Phi) is 14.3. The van der Waals surface area contributed by atoms with Crippen LogP contribution < -0.4 is 20.7 Å². The zero-order chi connectivity index (χ0) is 39.7. The summed E-state index contributed by atoms with van der Waals surface area (Å²) in [5.74, 6) is 0. The van der Waals surface area contributed by atoms with Crippen molar-refractivity contribution in [3.63, 3.8) is 0 Å². The zero-order valence-corrected chi connectivity index (χ0v) is 35.4. The standard InChI is InChI=1S/C25H27N3Si.C18H20Si.C7H7N3/c1-4-10-21(11-5-1)20-28-25-17-19-29(18-16-24(25)26-27-28,22-12-6-2-7-13-22)23-14-8-3-9-15-23;1-2-10-16-19(15-9-1,17-11-5-3-6-12-17)18-13-7-4-8-14-18;8-10-9-6-7-4-2-1-3-5-7/h1-15,24-25H,16-20H2;1-8,11-14H,9-10,15-16H2;1-5H,6H2/t24-,25-;;/m1../s1. The fraction of sp³-hybridized carbons (Fsp3) is 0.240. The summed E-state index contributed by atoms with van der Waals surface area (Å²) in [6.45, 7) is 1.30. The number of hydrogen-bond donors (Lipinski definition) is 0. The van der Waals surface area contributed by atoms with Crippen molar-refractivity contribution in [3.05, 3.63) is 216 Å². The molecule has 58 heavy (non-hydrogen) atoms. The van der Waals surface area contributed by atoms with Gasteiger partial charge in [0.2, 0.25) is 0 Å². The van der Waals surface area contributed by atoms with E-state index >= 15 is 0 Å². The molecule has 0 unspecified atom stereocenters. The summed E-state index contributed by atoms with van der Waals surface area (Å²) in [6, 6.07) is 71.3. The average Bonchev–Trinajstić information content (AvgIpc) is 3.44. The summed E-state index contributed by atoms with van der Waals surface area (Å²) in [5.41, 5.74) is 10.3. The van der Waals surface area contributed by atoms with Gasteiger partial charge in [-0.2, -0.15) is 5.11 Å². The first-order chi connectivity index (χ1) is 28.7. The number of azide groups is 1. The van der Waals surface area contributed by atoms with E-state index in [0.717, 1.165) is 18.5 Å². The molecule has 6 aromatic carbocycles. The largest absolute Gasteiger partial charge is 0.269 e. The number of benzene rings is 6. The van der Waals surface area contributed by atoms with Crippen molar-refractivity contribution in [2.45, 2.75) is 75.0 Å². The number of hydrogen-bond acceptors (Lipinski definition) is 4. The Bertz CT molecular complexity index is 2120. The molecule has 3 heterocycles. The maximum atomic E-state index is 7.99. The van der Waals surface area contributed by atoms with Crippen molar-refractivity contribution in [1.82, 2.24) is 5.01 Å². The Hall–Kier alpha value is -5.80. The monoisotopic (exact) mass is 794 g/mol. The van der Waals surface area contributed by atoms with Crippen molar-refractivity contribution >= 4 is 36.9 Å². The van der Waals surface area contributed by atoms with Gasteiger partial charge in [-0.25, -0.2) is 0 Å². The van der Waals surface area contributed by atoms with Crippen molar-refractivity contribution in [2.24, 2.45) is 15.5 Å². The predicted octanol–water partition coefficient (Wildman–Crippen LogP) is 10.8. The highest BCUT2D eigenvalue weighted by Gasteiger charge is 2.45. The molecule has 0 amide bonds.